The van der Waals surface area contributed by atoms with E-state index in [0.29, 0.717) is 0 Å². The fourth-order valence-corrected chi connectivity index (χ4v) is 9.98. The van der Waals surface area contributed by atoms with Crippen LogP contribution in [0.5, 0.6) is 0 Å². The Kier molecular flexibility index (Phi) is 8.42. The van der Waals surface area contributed by atoms with Gasteiger partial charge in [-0.3, -0.25) is 0 Å². The molecule has 1 aliphatic carbocycles. The predicted octanol–water partition coefficient (Wildman–Crippen LogP) is 13.7. The Morgan fingerprint density at radius 1 is 0.355 bits per heavy atom. The molecule has 2 aliphatic heterocycles. The summed E-state index contributed by atoms with van der Waals surface area (Å²) in [6.07, 6.45) is -0.350. The number of rotatable bonds is 6. The third-order valence-electron chi connectivity index (χ3n) is 12.7. The smallest absolute Gasteiger partial charge is 0.169 e. The first-order chi connectivity index (χ1) is 30.7. The second-order valence-corrected chi connectivity index (χ2v) is 16.2. The summed E-state index contributed by atoms with van der Waals surface area (Å²) in [4.78, 5) is 12.6. The minimum absolute atomic E-state index is 0.350. The van der Waals surface area contributed by atoms with Gasteiger partial charge in [0.2, 0.25) is 0 Å². The summed E-state index contributed by atoms with van der Waals surface area (Å²) in [5.74, 6) is 1.61. The predicted molar refractivity (Wildman–Crippen MR) is 255 cm³/mol. The highest BCUT2D eigenvalue weighted by Crippen LogP contribution is 2.63. The molecule has 0 bridgehead atoms. The molecule has 0 radical (unpaired) electrons. The van der Waals surface area contributed by atoms with Gasteiger partial charge in [0.15, 0.2) is 6.17 Å². The molecule has 1 N–H and O–H groups in total. The fraction of sp³-hybridized carbons (Fsp3) is 0.0345. The number of benzene rings is 9. The second kappa shape index (κ2) is 14.6. The highest BCUT2D eigenvalue weighted by molar-refractivity contribution is 6.16. The summed E-state index contributed by atoms with van der Waals surface area (Å²) in [7, 11) is 0. The van der Waals surface area contributed by atoms with Crippen molar-refractivity contribution in [2.75, 3.05) is 4.90 Å². The molecule has 2 heterocycles. The third kappa shape index (κ3) is 5.68. The molecule has 3 aliphatic rings. The van der Waals surface area contributed by atoms with Gasteiger partial charge in [0.05, 0.1) is 16.8 Å². The maximum Gasteiger partial charge on any atom is 0.169 e. The standard InChI is InChI=1S/C58H40N4/c1-4-18-39(19-5-1)55-59-56(40-20-6-2-7-21-40)61-57(60-55)45-25-17-24-43(37-45)41-22-16-23-42(36-41)44-34-35-50-48(38-44)47-28-10-11-29-49(47)58(50)51-30-12-14-32-53(51)62(46-26-8-3-9-27-46)54-33-15-13-31-52(54)58/h1-38,55H,(H,59,60,61). The zero-order valence-electron chi connectivity index (χ0n) is 33.9. The van der Waals surface area contributed by atoms with Crippen molar-refractivity contribution >= 4 is 28.7 Å². The van der Waals surface area contributed by atoms with Gasteiger partial charge in [-0.25, -0.2) is 9.98 Å². The summed E-state index contributed by atoms with van der Waals surface area (Å²) >= 11 is 0. The Hall–Kier alpha value is -8.08. The van der Waals surface area contributed by atoms with Gasteiger partial charge in [0.1, 0.15) is 11.7 Å². The van der Waals surface area contributed by atoms with Crippen molar-refractivity contribution in [3.63, 3.8) is 0 Å². The molecule has 4 nitrogen and oxygen atoms in total. The van der Waals surface area contributed by atoms with Gasteiger partial charge in [-0.05, 0) is 104 Å². The first-order valence-corrected chi connectivity index (χ1v) is 21.3. The van der Waals surface area contributed by atoms with Crippen LogP contribution in [0.25, 0.3) is 33.4 Å². The van der Waals surface area contributed by atoms with E-state index in [-0.39, 0.29) is 6.17 Å². The average molecular weight is 793 g/mol. The van der Waals surface area contributed by atoms with Crippen molar-refractivity contribution in [3.8, 4) is 33.4 Å². The summed E-state index contributed by atoms with van der Waals surface area (Å²) < 4.78 is 0. The minimum Gasteiger partial charge on any atom is -0.324 e. The Morgan fingerprint density at radius 3 is 1.48 bits per heavy atom. The topological polar surface area (TPSA) is 40.0 Å². The van der Waals surface area contributed by atoms with E-state index < -0.39 is 5.41 Å². The molecule has 9 aromatic carbocycles. The fourth-order valence-electron chi connectivity index (χ4n) is 9.98. The molecule has 62 heavy (non-hydrogen) atoms. The molecule has 0 saturated heterocycles. The zero-order chi connectivity index (χ0) is 41.0. The molecule has 1 atom stereocenters. The van der Waals surface area contributed by atoms with E-state index in [1.165, 1.54) is 55.9 Å². The van der Waals surface area contributed by atoms with Gasteiger partial charge in [-0.2, -0.15) is 0 Å². The first kappa shape index (κ1) is 35.8. The molecule has 9 aromatic rings. The highest BCUT2D eigenvalue weighted by atomic mass is 15.2. The number of aliphatic imine (C=N–C) groups is 2. The van der Waals surface area contributed by atoms with Crippen LogP contribution in [0.3, 0.4) is 0 Å². The SMILES string of the molecule is c1ccc(C2=NC(c3ccccc3)N=C(c3cccc(-c4cccc(-c5ccc6c(c5)-c5ccccc5C65c6ccccc6N(c6ccccc6)c6ccccc65)c4)c3)N2)cc1. The van der Waals surface area contributed by atoms with Gasteiger partial charge < -0.3 is 10.2 Å². The van der Waals surface area contributed by atoms with Crippen molar-refractivity contribution < 1.29 is 0 Å². The Balaban J connectivity index is 0.946. The van der Waals surface area contributed by atoms with Crippen LogP contribution in [0, 0.1) is 0 Å². The molecular weight excluding hydrogens is 753 g/mol. The van der Waals surface area contributed by atoms with Crippen LogP contribution in [0.15, 0.2) is 241 Å². The second-order valence-electron chi connectivity index (χ2n) is 16.2. The average Bonchev–Trinajstić information content (AvgIpc) is 3.65. The number of anilines is 3. The first-order valence-electron chi connectivity index (χ1n) is 21.3. The molecule has 0 saturated carbocycles. The quantitative estimate of drug-likeness (QED) is 0.182. The molecule has 292 valence electrons. The lowest BCUT2D eigenvalue weighted by Crippen LogP contribution is -2.36. The summed E-state index contributed by atoms with van der Waals surface area (Å²) in [5.41, 5.74) is 18.5. The monoisotopic (exact) mass is 792 g/mol. The molecule has 4 heteroatoms. The van der Waals surface area contributed by atoms with Crippen LogP contribution in [0.2, 0.25) is 0 Å². The van der Waals surface area contributed by atoms with E-state index >= 15 is 0 Å². The maximum absolute atomic E-state index is 5.15. The number of hydrogen-bond acceptors (Lipinski definition) is 4. The summed E-state index contributed by atoms with van der Waals surface area (Å²) in [6.45, 7) is 0. The molecule has 1 spiro atoms. The molecule has 0 amide bonds. The highest BCUT2D eigenvalue weighted by Gasteiger charge is 2.51. The Morgan fingerprint density at radius 2 is 0.823 bits per heavy atom. The summed E-state index contributed by atoms with van der Waals surface area (Å²) in [5, 5.41) is 3.58. The summed E-state index contributed by atoms with van der Waals surface area (Å²) in [6, 6.07) is 83.1. The van der Waals surface area contributed by atoms with E-state index in [1.807, 2.05) is 36.4 Å². The van der Waals surface area contributed by atoms with Crippen LogP contribution < -0.4 is 10.2 Å². The zero-order valence-corrected chi connectivity index (χ0v) is 33.9. The molecule has 0 fully saturated rings. The van der Waals surface area contributed by atoms with E-state index in [9.17, 15) is 0 Å². The molecule has 0 aromatic heterocycles. The molecule has 1 unspecified atom stereocenters. The van der Waals surface area contributed by atoms with Crippen molar-refractivity contribution in [2.45, 2.75) is 11.6 Å². The van der Waals surface area contributed by atoms with Crippen LogP contribution >= 0.6 is 0 Å². The molecular formula is C58H40N4. The van der Waals surface area contributed by atoms with E-state index in [0.717, 1.165) is 45.2 Å². The minimum atomic E-state index is -0.480. The van der Waals surface area contributed by atoms with E-state index in [4.69, 9.17) is 9.98 Å². The van der Waals surface area contributed by atoms with Crippen molar-refractivity contribution in [2.24, 2.45) is 9.98 Å². The number of hydrogen-bond donors (Lipinski definition) is 1. The number of para-hydroxylation sites is 3. The Labute approximate surface area is 361 Å². The number of fused-ring (bicyclic) bond motifs is 9. The Bertz CT molecular complexity index is 3180. The van der Waals surface area contributed by atoms with Crippen LogP contribution in [0.1, 0.15) is 45.1 Å². The van der Waals surface area contributed by atoms with Crippen LogP contribution in [-0.2, 0) is 5.41 Å². The van der Waals surface area contributed by atoms with Crippen LogP contribution in [-0.4, -0.2) is 11.7 Å². The van der Waals surface area contributed by atoms with Gasteiger partial charge in [0, 0.05) is 16.8 Å². The largest absolute Gasteiger partial charge is 0.324 e. The lowest BCUT2D eigenvalue weighted by molar-refractivity contribution is 0.753. The maximum atomic E-state index is 5.15. The van der Waals surface area contributed by atoms with Crippen LogP contribution in [0.4, 0.5) is 17.1 Å². The van der Waals surface area contributed by atoms with Crippen molar-refractivity contribution in [3.05, 3.63) is 269 Å². The lowest BCUT2D eigenvalue weighted by atomic mass is 9.64. The number of amidine groups is 2. The van der Waals surface area contributed by atoms with E-state index in [1.54, 1.807) is 0 Å². The van der Waals surface area contributed by atoms with Gasteiger partial charge in [-0.1, -0.05) is 188 Å². The van der Waals surface area contributed by atoms with Crippen molar-refractivity contribution in [1.29, 1.82) is 0 Å². The van der Waals surface area contributed by atoms with Gasteiger partial charge in [-0.15, -0.1) is 0 Å². The van der Waals surface area contributed by atoms with Gasteiger partial charge >= 0.3 is 0 Å². The lowest BCUT2D eigenvalue weighted by Gasteiger charge is -2.45. The third-order valence-corrected chi connectivity index (χ3v) is 12.7. The van der Waals surface area contributed by atoms with Crippen molar-refractivity contribution in [1.82, 2.24) is 5.32 Å². The number of nitrogens with zero attached hydrogens (tertiary/aromatic N) is 3. The van der Waals surface area contributed by atoms with E-state index in [2.05, 4.69) is 204 Å². The number of nitrogens with one attached hydrogen (secondary N) is 1. The molecule has 12 rings (SSSR count). The van der Waals surface area contributed by atoms with Gasteiger partial charge in [0.25, 0.3) is 0 Å². The normalized spacial score (nSPS) is 15.4.